The SMILES string of the molecule is Cc1ccc2[se]c3[se]ccc3c(=O)c2c1. The second kappa shape index (κ2) is 3.47. The second-order valence-corrected chi connectivity index (χ2v) is 8.99. The van der Waals surface area contributed by atoms with Crippen molar-refractivity contribution < 1.29 is 0 Å². The molecule has 2 aromatic heterocycles. The van der Waals surface area contributed by atoms with Crippen LogP contribution in [-0.2, 0) is 0 Å². The zero-order valence-electron chi connectivity index (χ0n) is 8.11. The van der Waals surface area contributed by atoms with Crippen molar-refractivity contribution in [1.29, 1.82) is 0 Å². The molecular weight excluding hydrogens is 318 g/mol. The molecule has 0 saturated carbocycles. The van der Waals surface area contributed by atoms with E-state index in [1.165, 1.54) is 13.0 Å². The van der Waals surface area contributed by atoms with Crippen LogP contribution in [0.25, 0.3) is 18.2 Å². The van der Waals surface area contributed by atoms with E-state index in [2.05, 4.69) is 17.1 Å². The van der Waals surface area contributed by atoms with Gasteiger partial charge in [-0.15, -0.1) is 0 Å². The summed E-state index contributed by atoms with van der Waals surface area (Å²) in [7, 11) is 0. The summed E-state index contributed by atoms with van der Waals surface area (Å²) >= 11 is 0.823. The molecule has 0 fully saturated rings. The Kier molecular flexibility index (Phi) is 2.22. The fourth-order valence-corrected chi connectivity index (χ4v) is 7.02. The van der Waals surface area contributed by atoms with Crippen molar-refractivity contribution in [2.45, 2.75) is 6.92 Å². The van der Waals surface area contributed by atoms with Crippen molar-refractivity contribution in [3.05, 3.63) is 45.0 Å². The summed E-state index contributed by atoms with van der Waals surface area (Å²) in [5.74, 6) is 0. The van der Waals surface area contributed by atoms with Gasteiger partial charge in [-0.2, -0.15) is 0 Å². The fourth-order valence-electron chi connectivity index (χ4n) is 1.70. The van der Waals surface area contributed by atoms with Gasteiger partial charge in [-0.25, -0.2) is 0 Å². The molecule has 0 radical (unpaired) electrons. The summed E-state index contributed by atoms with van der Waals surface area (Å²) in [5, 5.41) is 1.93. The summed E-state index contributed by atoms with van der Waals surface area (Å²) in [5.41, 5.74) is 1.42. The summed E-state index contributed by atoms with van der Waals surface area (Å²) in [6.07, 6.45) is 0. The van der Waals surface area contributed by atoms with E-state index in [9.17, 15) is 4.79 Å². The van der Waals surface area contributed by atoms with E-state index < -0.39 is 0 Å². The summed E-state index contributed by atoms with van der Waals surface area (Å²) < 4.78 is 2.68. The molecule has 0 aliphatic rings. The van der Waals surface area contributed by atoms with Crippen LogP contribution in [0.1, 0.15) is 5.56 Å². The molecule has 2 heterocycles. The van der Waals surface area contributed by atoms with Gasteiger partial charge in [0.2, 0.25) is 0 Å². The first kappa shape index (κ1) is 9.62. The molecule has 0 atom stereocenters. The number of aryl methyl sites for hydroxylation is 1. The summed E-state index contributed by atoms with van der Waals surface area (Å²) in [6, 6.07) is 8.28. The van der Waals surface area contributed by atoms with Crippen molar-refractivity contribution in [2.75, 3.05) is 0 Å². The normalized spacial score (nSPS) is 11.3. The minimum absolute atomic E-state index is 0.243. The van der Waals surface area contributed by atoms with Gasteiger partial charge < -0.3 is 0 Å². The molecule has 0 bridgehead atoms. The van der Waals surface area contributed by atoms with Gasteiger partial charge in [0.05, 0.1) is 0 Å². The van der Waals surface area contributed by atoms with Gasteiger partial charge in [0.1, 0.15) is 0 Å². The maximum atomic E-state index is 12.2. The molecule has 0 aliphatic carbocycles. The molecule has 1 nitrogen and oxygen atoms in total. The van der Waals surface area contributed by atoms with Crippen LogP contribution >= 0.6 is 0 Å². The molecule has 1 aromatic carbocycles. The predicted molar refractivity (Wildman–Crippen MR) is 66.3 cm³/mol. The molecule has 0 N–H and O–H groups in total. The van der Waals surface area contributed by atoms with Crippen LogP contribution in [0, 0.1) is 6.92 Å². The molecule has 74 valence electrons. The van der Waals surface area contributed by atoms with Gasteiger partial charge in [-0.3, -0.25) is 0 Å². The van der Waals surface area contributed by atoms with Crippen LogP contribution < -0.4 is 5.43 Å². The van der Waals surface area contributed by atoms with Crippen molar-refractivity contribution in [2.24, 2.45) is 0 Å². The van der Waals surface area contributed by atoms with Crippen molar-refractivity contribution in [3.8, 4) is 0 Å². The Hall–Kier alpha value is -0.591. The van der Waals surface area contributed by atoms with Gasteiger partial charge in [0, 0.05) is 0 Å². The summed E-state index contributed by atoms with van der Waals surface area (Å²) in [6.45, 7) is 2.04. The van der Waals surface area contributed by atoms with Gasteiger partial charge in [-0.05, 0) is 0 Å². The van der Waals surface area contributed by atoms with Crippen LogP contribution in [0.5, 0.6) is 0 Å². The first-order valence-corrected chi connectivity index (χ1v) is 8.22. The van der Waals surface area contributed by atoms with E-state index >= 15 is 0 Å². The van der Waals surface area contributed by atoms with E-state index in [0.29, 0.717) is 29.0 Å². The molecule has 0 spiro atoms. The van der Waals surface area contributed by atoms with Crippen LogP contribution in [0.3, 0.4) is 0 Å². The number of hydrogen-bond acceptors (Lipinski definition) is 1. The predicted octanol–water partition coefficient (Wildman–Crippen LogP) is 1.78. The third-order valence-corrected chi connectivity index (χ3v) is 7.95. The Morgan fingerprint density at radius 3 is 2.87 bits per heavy atom. The van der Waals surface area contributed by atoms with Crippen LogP contribution in [0.15, 0.2) is 34.0 Å². The first-order valence-electron chi connectivity index (χ1n) is 4.66. The van der Waals surface area contributed by atoms with E-state index in [0.717, 1.165) is 10.8 Å². The molecule has 0 aliphatic heterocycles. The van der Waals surface area contributed by atoms with E-state index in [-0.39, 0.29) is 5.43 Å². The third-order valence-electron chi connectivity index (χ3n) is 2.46. The minimum atomic E-state index is 0.243. The van der Waals surface area contributed by atoms with Crippen molar-refractivity contribution >= 4 is 47.2 Å². The van der Waals surface area contributed by atoms with Crippen LogP contribution in [0.4, 0.5) is 0 Å². The molecule has 15 heavy (non-hydrogen) atoms. The van der Waals surface area contributed by atoms with E-state index in [1.54, 1.807) is 0 Å². The Bertz CT molecular complexity index is 706. The standard InChI is InChI=1S/C12H8OSe2/c1-7-2-3-10-9(6-7)11(13)8-4-5-14-12(8)15-10/h2-6H,1H3. The van der Waals surface area contributed by atoms with Crippen LogP contribution in [0.2, 0.25) is 0 Å². The number of fused-ring (bicyclic) bond motifs is 2. The van der Waals surface area contributed by atoms with Crippen molar-refractivity contribution in [3.63, 3.8) is 0 Å². The Labute approximate surface area is 98.8 Å². The quantitative estimate of drug-likeness (QED) is 0.576. The molecule has 3 rings (SSSR count). The monoisotopic (exact) mass is 328 g/mol. The molecule has 0 unspecified atom stereocenters. The third kappa shape index (κ3) is 1.47. The first-order chi connectivity index (χ1) is 7.25. The van der Waals surface area contributed by atoms with Crippen LogP contribution in [-0.4, -0.2) is 29.0 Å². The summed E-state index contributed by atoms with van der Waals surface area (Å²) in [4.78, 5) is 14.3. The Morgan fingerprint density at radius 2 is 2.00 bits per heavy atom. The molecule has 0 saturated heterocycles. The molecule has 0 amide bonds. The second-order valence-electron chi connectivity index (χ2n) is 3.55. The van der Waals surface area contributed by atoms with Gasteiger partial charge in [0.15, 0.2) is 0 Å². The number of benzene rings is 1. The van der Waals surface area contributed by atoms with Gasteiger partial charge >= 0.3 is 99.1 Å². The van der Waals surface area contributed by atoms with E-state index in [1.807, 2.05) is 19.1 Å². The zero-order valence-corrected chi connectivity index (χ0v) is 11.5. The average Bonchev–Trinajstić information content (AvgIpc) is 2.68. The topological polar surface area (TPSA) is 17.1 Å². The van der Waals surface area contributed by atoms with Crippen molar-refractivity contribution in [1.82, 2.24) is 0 Å². The molecular formula is C12H8OSe2. The molecule has 3 heteroatoms. The Morgan fingerprint density at radius 1 is 1.13 bits per heavy atom. The van der Waals surface area contributed by atoms with E-state index in [4.69, 9.17) is 0 Å². The number of hydrogen-bond donors (Lipinski definition) is 0. The maximum absolute atomic E-state index is 12.2. The van der Waals surface area contributed by atoms with Gasteiger partial charge in [-0.1, -0.05) is 0 Å². The zero-order chi connectivity index (χ0) is 10.4. The average molecular weight is 326 g/mol. The number of rotatable bonds is 0. The fraction of sp³-hybridized carbons (Fsp3) is 0.0833. The van der Waals surface area contributed by atoms with Gasteiger partial charge in [0.25, 0.3) is 0 Å². The molecule has 3 aromatic rings. The Balaban J connectivity index is 2.64.